The zero-order valence-electron chi connectivity index (χ0n) is 10.9. The molecular weight excluding hydrogens is 216 g/mol. The van der Waals surface area contributed by atoms with Gasteiger partial charge in [-0.1, -0.05) is 20.8 Å². The van der Waals surface area contributed by atoms with Crippen molar-refractivity contribution in [3.05, 3.63) is 0 Å². The van der Waals surface area contributed by atoms with Crippen molar-refractivity contribution in [1.82, 2.24) is 5.32 Å². The molecule has 4 heteroatoms. The minimum Gasteiger partial charge on any atom is -0.396 e. The molecule has 1 aliphatic carbocycles. The van der Waals surface area contributed by atoms with Crippen molar-refractivity contribution in [2.24, 2.45) is 16.7 Å². The number of nitrogens with one attached hydrogen (secondary N) is 1. The Morgan fingerprint density at radius 1 is 1.59 bits per heavy atom. The molecule has 0 aromatic heterocycles. The number of rotatable bonds is 5. The van der Waals surface area contributed by atoms with E-state index in [0.717, 1.165) is 0 Å². The van der Waals surface area contributed by atoms with E-state index >= 15 is 0 Å². The Kier molecular flexibility index (Phi) is 4.16. The van der Waals surface area contributed by atoms with Gasteiger partial charge in [0.2, 0.25) is 5.91 Å². The van der Waals surface area contributed by atoms with Crippen molar-refractivity contribution >= 4 is 5.91 Å². The third kappa shape index (κ3) is 3.19. The van der Waals surface area contributed by atoms with Gasteiger partial charge in [0, 0.05) is 13.2 Å². The third-order valence-corrected chi connectivity index (χ3v) is 3.56. The number of hydrogen-bond acceptors (Lipinski definition) is 3. The Balaban J connectivity index is 2.48. The van der Waals surface area contributed by atoms with E-state index in [1.165, 1.54) is 0 Å². The molecule has 0 radical (unpaired) electrons. The van der Waals surface area contributed by atoms with Gasteiger partial charge in [-0.3, -0.25) is 4.79 Å². The Labute approximate surface area is 103 Å². The van der Waals surface area contributed by atoms with E-state index < -0.39 is 5.41 Å². The third-order valence-electron chi connectivity index (χ3n) is 3.56. The average molecular weight is 238 g/mol. The number of nitriles is 1. The van der Waals surface area contributed by atoms with Gasteiger partial charge < -0.3 is 10.4 Å². The zero-order valence-corrected chi connectivity index (χ0v) is 10.9. The summed E-state index contributed by atoms with van der Waals surface area (Å²) in [7, 11) is 0. The summed E-state index contributed by atoms with van der Waals surface area (Å²) in [6, 6.07) is 2.15. The van der Waals surface area contributed by atoms with Crippen LogP contribution >= 0.6 is 0 Å². The molecule has 1 amide bonds. The van der Waals surface area contributed by atoms with Crippen LogP contribution in [0.25, 0.3) is 0 Å². The number of carbonyl (C=O) groups is 1. The average Bonchev–Trinajstić information content (AvgIpc) is 2.21. The first-order valence-electron chi connectivity index (χ1n) is 6.16. The van der Waals surface area contributed by atoms with Crippen LogP contribution in [-0.2, 0) is 4.79 Å². The van der Waals surface area contributed by atoms with E-state index in [-0.39, 0.29) is 17.9 Å². The van der Waals surface area contributed by atoms with Crippen molar-refractivity contribution in [1.29, 1.82) is 5.26 Å². The smallest absolute Gasteiger partial charge is 0.240 e. The van der Waals surface area contributed by atoms with E-state index in [1.807, 2.05) is 13.8 Å². The Hall–Kier alpha value is -1.08. The molecule has 1 saturated carbocycles. The first-order valence-corrected chi connectivity index (χ1v) is 6.16. The van der Waals surface area contributed by atoms with Gasteiger partial charge >= 0.3 is 0 Å². The lowest BCUT2D eigenvalue weighted by atomic mass is 9.63. The highest BCUT2D eigenvalue weighted by molar-refractivity contribution is 5.86. The van der Waals surface area contributed by atoms with Gasteiger partial charge in [0.05, 0.1) is 6.07 Å². The maximum atomic E-state index is 12.0. The Morgan fingerprint density at radius 3 is 2.59 bits per heavy atom. The minimum atomic E-state index is -0.797. The van der Waals surface area contributed by atoms with Gasteiger partial charge in [-0.2, -0.15) is 5.26 Å². The van der Waals surface area contributed by atoms with Crippen LogP contribution in [0.1, 0.15) is 40.0 Å². The number of aliphatic hydroxyl groups is 1. The summed E-state index contributed by atoms with van der Waals surface area (Å²) in [4.78, 5) is 12.0. The summed E-state index contributed by atoms with van der Waals surface area (Å²) >= 11 is 0. The highest BCUT2D eigenvalue weighted by Crippen LogP contribution is 2.45. The van der Waals surface area contributed by atoms with E-state index in [2.05, 4.69) is 18.3 Å². The monoisotopic (exact) mass is 238 g/mol. The van der Waals surface area contributed by atoms with E-state index in [4.69, 9.17) is 10.4 Å². The highest BCUT2D eigenvalue weighted by atomic mass is 16.3. The highest BCUT2D eigenvalue weighted by Gasteiger charge is 2.48. The lowest BCUT2D eigenvalue weighted by molar-refractivity contribution is -0.134. The fourth-order valence-corrected chi connectivity index (χ4v) is 2.34. The molecule has 0 aliphatic heterocycles. The maximum absolute atomic E-state index is 12.0. The van der Waals surface area contributed by atoms with E-state index in [0.29, 0.717) is 31.7 Å². The predicted octanol–water partition coefficient (Wildman–Crippen LogP) is 1.45. The van der Waals surface area contributed by atoms with Gasteiger partial charge in [-0.15, -0.1) is 0 Å². The summed E-state index contributed by atoms with van der Waals surface area (Å²) in [5.74, 6) is 0.315. The second kappa shape index (κ2) is 5.05. The molecule has 0 heterocycles. The quantitative estimate of drug-likeness (QED) is 0.761. The lowest BCUT2D eigenvalue weighted by Crippen LogP contribution is -2.50. The largest absolute Gasteiger partial charge is 0.396 e. The standard InChI is InChI=1S/C13H22N2O2/c1-10-6-13(7-10,8-14)11(17)15-9-12(2,3)4-5-16/h10,16H,4-7,9H2,1-3H3,(H,15,17). The molecule has 0 bridgehead atoms. The van der Waals surface area contributed by atoms with Crippen molar-refractivity contribution in [3.63, 3.8) is 0 Å². The molecule has 0 aromatic rings. The first kappa shape index (κ1) is 14.0. The molecule has 96 valence electrons. The number of aliphatic hydroxyl groups excluding tert-OH is 1. The summed E-state index contributed by atoms with van der Waals surface area (Å²) in [6.45, 7) is 6.66. The van der Waals surface area contributed by atoms with Crippen LogP contribution in [0.4, 0.5) is 0 Å². The number of amides is 1. The lowest BCUT2D eigenvalue weighted by Gasteiger charge is -2.40. The molecule has 0 saturated heterocycles. The molecule has 0 unspecified atom stereocenters. The van der Waals surface area contributed by atoms with Gasteiger partial charge in [0.1, 0.15) is 5.41 Å². The maximum Gasteiger partial charge on any atom is 0.240 e. The van der Waals surface area contributed by atoms with Crippen LogP contribution in [-0.4, -0.2) is 24.2 Å². The van der Waals surface area contributed by atoms with Crippen molar-refractivity contribution in [2.45, 2.75) is 40.0 Å². The van der Waals surface area contributed by atoms with Crippen LogP contribution in [0, 0.1) is 28.1 Å². The van der Waals surface area contributed by atoms with Crippen LogP contribution in [0.2, 0.25) is 0 Å². The molecule has 0 atom stereocenters. The van der Waals surface area contributed by atoms with Crippen LogP contribution in [0.15, 0.2) is 0 Å². The van der Waals surface area contributed by atoms with E-state index in [1.54, 1.807) is 0 Å². The predicted molar refractivity (Wildman–Crippen MR) is 64.9 cm³/mol. The number of nitrogens with zero attached hydrogens (tertiary/aromatic N) is 1. The Morgan fingerprint density at radius 2 is 2.18 bits per heavy atom. The second-order valence-corrected chi connectivity index (χ2v) is 6.03. The summed E-state index contributed by atoms with van der Waals surface area (Å²) in [6.07, 6.45) is 1.97. The minimum absolute atomic E-state index is 0.114. The fraction of sp³-hybridized carbons (Fsp3) is 0.846. The number of hydrogen-bond donors (Lipinski definition) is 2. The molecule has 17 heavy (non-hydrogen) atoms. The van der Waals surface area contributed by atoms with Gasteiger partial charge in [0.25, 0.3) is 0 Å². The molecule has 1 fully saturated rings. The zero-order chi connectivity index (χ0) is 13.1. The van der Waals surface area contributed by atoms with Crippen molar-refractivity contribution in [2.75, 3.05) is 13.2 Å². The van der Waals surface area contributed by atoms with E-state index in [9.17, 15) is 4.79 Å². The van der Waals surface area contributed by atoms with Gasteiger partial charge in [-0.25, -0.2) is 0 Å². The molecule has 1 aliphatic rings. The van der Waals surface area contributed by atoms with Crippen LogP contribution < -0.4 is 5.32 Å². The fourth-order valence-electron chi connectivity index (χ4n) is 2.34. The van der Waals surface area contributed by atoms with Gasteiger partial charge in [0.15, 0.2) is 0 Å². The molecule has 0 aromatic carbocycles. The summed E-state index contributed by atoms with van der Waals surface area (Å²) in [5.41, 5.74) is -0.925. The van der Waals surface area contributed by atoms with Gasteiger partial charge in [-0.05, 0) is 30.6 Å². The molecular formula is C13H22N2O2. The van der Waals surface area contributed by atoms with Crippen LogP contribution in [0.3, 0.4) is 0 Å². The Bertz CT molecular complexity index is 325. The first-order chi connectivity index (χ1) is 7.85. The summed E-state index contributed by atoms with van der Waals surface area (Å²) < 4.78 is 0. The molecule has 2 N–H and O–H groups in total. The normalized spacial score (nSPS) is 28.1. The molecule has 1 rings (SSSR count). The second-order valence-electron chi connectivity index (χ2n) is 6.03. The topological polar surface area (TPSA) is 73.1 Å². The molecule has 0 spiro atoms. The molecule has 4 nitrogen and oxygen atoms in total. The summed E-state index contributed by atoms with van der Waals surface area (Å²) in [5, 5.41) is 20.9. The SMILES string of the molecule is CC1CC(C#N)(C(=O)NCC(C)(C)CCO)C1. The van der Waals surface area contributed by atoms with Crippen molar-refractivity contribution in [3.8, 4) is 6.07 Å². The van der Waals surface area contributed by atoms with Crippen molar-refractivity contribution < 1.29 is 9.90 Å². The van der Waals surface area contributed by atoms with Crippen LogP contribution in [0.5, 0.6) is 0 Å². The number of carbonyl (C=O) groups excluding carboxylic acids is 1.